The summed E-state index contributed by atoms with van der Waals surface area (Å²) in [4.78, 5) is 23.3. The Bertz CT molecular complexity index is 720. The molecule has 4 nitrogen and oxygen atoms in total. The van der Waals surface area contributed by atoms with E-state index >= 15 is 0 Å². The van der Waals surface area contributed by atoms with Gasteiger partial charge in [0.15, 0.2) is 0 Å². The van der Waals surface area contributed by atoms with Gasteiger partial charge >= 0.3 is 11.9 Å². The molecule has 0 amide bonds. The second-order valence-corrected chi connectivity index (χ2v) is 5.21. The van der Waals surface area contributed by atoms with Crippen molar-refractivity contribution in [3.05, 3.63) is 59.7 Å². The van der Waals surface area contributed by atoms with Gasteiger partial charge in [-0.05, 0) is 28.7 Å². The highest BCUT2D eigenvalue weighted by atomic mass is 16.4. The van der Waals surface area contributed by atoms with E-state index in [2.05, 4.69) is 0 Å². The fraction of sp³-hybridized carbons (Fsp3) is 0.176. The normalized spacial score (nSPS) is 20.0. The molecule has 0 saturated carbocycles. The first-order valence-corrected chi connectivity index (χ1v) is 6.72. The summed E-state index contributed by atoms with van der Waals surface area (Å²) in [5.74, 6) is -4.17. The molecule has 2 atom stereocenters. The van der Waals surface area contributed by atoms with Crippen LogP contribution >= 0.6 is 0 Å². The number of carboxylic acids is 2. The lowest BCUT2D eigenvalue weighted by Crippen LogP contribution is -2.29. The number of carboxylic acid groups (broad SMARTS) is 2. The quantitative estimate of drug-likeness (QED) is 0.888. The van der Waals surface area contributed by atoms with Gasteiger partial charge in [-0.2, -0.15) is 0 Å². The number of benzene rings is 2. The van der Waals surface area contributed by atoms with E-state index in [-0.39, 0.29) is 6.42 Å². The topological polar surface area (TPSA) is 74.6 Å². The van der Waals surface area contributed by atoms with Gasteiger partial charge in [0.05, 0.1) is 11.8 Å². The molecule has 0 fully saturated rings. The van der Waals surface area contributed by atoms with Crippen molar-refractivity contribution < 1.29 is 19.8 Å². The van der Waals surface area contributed by atoms with Gasteiger partial charge in [0.25, 0.3) is 0 Å². The van der Waals surface area contributed by atoms with Crippen molar-refractivity contribution in [2.45, 2.75) is 12.3 Å². The third-order valence-electron chi connectivity index (χ3n) is 4.03. The zero-order valence-corrected chi connectivity index (χ0v) is 11.2. The van der Waals surface area contributed by atoms with Crippen LogP contribution in [0.2, 0.25) is 0 Å². The largest absolute Gasteiger partial charge is 0.481 e. The van der Waals surface area contributed by atoms with Crippen LogP contribution in [0.3, 0.4) is 0 Å². The fourth-order valence-electron chi connectivity index (χ4n) is 3.08. The van der Waals surface area contributed by atoms with E-state index in [1.54, 1.807) is 12.1 Å². The average Bonchev–Trinajstić information content (AvgIpc) is 2.62. The Kier molecular flexibility index (Phi) is 3.22. The van der Waals surface area contributed by atoms with Crippen molar-refractivity contribution >= 4 is 11.9 Å². The first kappa shape index (κ1) is 13.4. The van der Waals surface area contributed by atoms with Crippen molar-refractivity contribution in [2.24, 2.45) is 5.92 Å². The summed E-state index contributed by atoms with van der Waals surface area (Å²) < 4.78 is 0. The van der Waals surface area contributed by atoms with E-state index < -0.39 is 23.8 Å². The summed E-state index contributed by atoms with van der Waals surface area (Å²) in [5, 5.41) is 19.0. The van der Waals surface area contributed by atoms with Crippen LogP contribution in [0, 0.1) is 5.92 Å². The first-order chi connectivity index (χ1) is 10.1. The predicted molar refractivity (Wildman–Crippen MR) is 77.1 cm³/mol. The maximum absolute atomic E-state index is 11.7. The van der Waals surface area contributed by atoms with Crippen molar-refractivity contribution in [1.82, 2.24) is 0 Å². The number of fused-ring (bicyclic) bond motifs is 3. The fourth-order valence-corrected chi connectivity index (χ4v) is 3.08. The minimum absolute atomic E-state index is 0.219. The van der Waals surface area contributed by atoms with Crippen molar-refractivity contribution in [1.29, 1.82) is 0 Å². The van der Waals surface area contributed by atoms with E-state index in [0.717, 1.165) is 16.7 Å². The molecule has 3 rings (SSSR count). The summed E-state index contributed by atoms with van der Waals surface area (Å²) in [5.41, 5.74) is 3.18. The smallest absolute Gasteiger partial charge is 0.311 e. The monoisotopic (exact) mass is 282 g/mol. The average molecular weight is 282 g/mol. The van der Waals surface area contributed by atoms with Gasteiger partial charge in [-0.15, -0.1) is 0 Å². The highest BCUT2D eigenvalue weighted by Gasteiger charge is 2.39. The number of carbonyl (C=O) groups is 2. The van der Waals surface area contributed by atoms with Crippen molar-refractivity contribution in [3.8, 4) is 11.1 Å². The molecule has 2 aromatic rings. The number of hydrogen-bond donors (Lipinski definition) is 2. The third-order valence-corrected chi connectivity index (χ3v) is 4.03. The van der Waals surface area contributed by atoms with E-state index in [1.165, 1.54) is 0 Å². The Labute approximate surface area is 121 Å². The molecule has 0 aromatic heterocycles. The molecular weight excluding hydrogens is 268 g/mol. The molecule has 106 valence electrons. The van der Waals surface area contributed by atoms with Gasteiger partial charge in [0.2, 0.25) is 0 Å². The van der Waals surface area contributed by atoms with Gasteiger partial charge in [-0.3, -0.25) is 9.59 Å². The number of hydrogen-bond acceptors (Lipinski definition) is 2. The summed E-state index contributed by atoms with van der Waals surface area (Å²) in [7, 11) is 0. The summed E-state index contributed by atoms with van der Waals surface area (Å²) in [6.07, 6.45) is 0.219. The van der Waals surface area contributed by atoms with Crippen molar-refractivity contribution in [3.63, 3.8) is 0 Å². The van der Waals surface area contributed by atoms with Gasteiger partial charge in [-0.1, -0.05) is 48.5 Å². The molecule has 0 spiro atoms. The van der Waals surface area contributed by atoms with E-state index in [4.69, 9.17) is 0 Å². The van der Waals surface area contributed by atoms with Gasteiger partial charge in [-0.25, -0.2) is 0 Å². The summed E-state index contributed by atoms with van der Waals surface area (Å²) >= 11 is 0. The molecule has 21 heavy (non-hydrogen) atoms. The predicted octanol–water partition coefficient (Wildman–Crippen LogP) is 2.78. The Morgan fingerprint density at radius 2 is 1.48 bits per heavy atom. The summed E-state index contributed by atoms with van der Waals surface area (Å²) in [6, 6.07) is 14.7. The molecule has 0 unspecified atom stereocenters. The Morgan fingerprint density at radius 1 is 0.857 bits per heavy atom. The number of rotatable bonds is 2. The van der Waals surface area contributed by atoms with Crippen LogP contribution in [-0.4, -0.2) is 22.2 Å². The van der Waals surface area contributed by atoms with Gasteiger partial charge < -0.3 is 10.2 Å². The molecule has 1 aliphatic rings. The summed E-state index contributed by atoms with van der Waals surface area (Å²) in [6.45, 7) is 0. The lowest BCUT2D eigenvalue weighted by atomic mass is 9.83. The van der Waals surface area contributed by atoms with Crippen LogP contribution in [-0.2, 0) is 16.0 Å². The van der Waals surface area contributed by atoms with E-state index in [1.807, 2.05) is 36.4 Å². The maximum atomic E-state index is 11.7. The zero-order chi connectivity index (χ0) is 15.0. The highest BCUT2D eigenvalue weighted by molar-refractivity contribution is 5.89. The third kappa shape index (κ3) is 2.18. The van der Waals surface area contributed by atoms with Crippen LogP contribution in [0.1, 0.15) is 17.0 Å². The second-order valence-electron chi connectivity index (χ2n) is 5.21. The molecule has 0 radical (unpaired) electrons. The Morgan fingerprint density at radius 3 is 2.14 bits per heavy atom. The van der Waals surface area contributed by atoms with E-state index in [9.17, 15) is 19.8 Å². The Balaban J connectivity index is 2.31. The van der Waals surface area contributed by atoms with Crippen LogP contribution in [0.4, 0.5) is 0 Å². The van der Waals surface area contributed by atoms with Crippen LogP contribution in [0.15, 0.2) is 48.5 Å². The molecule has 4 heteroatoms. The Hall–Kier alpha value is -2.62. The van der Waals surface area contributed by atoms with Crippen LogP contribution in [0.5, 0.6) is 0 Å². The van der Waals surface area contributed by atoms with Gasteiger partial charge in [0.1, 0.15) is 0 Å². The van der Waals surface area contributed by atoms with Crippen LogP contribution in [0.25, 0.3) is 11.1 Å². The molecule has 2 aromatic carbocycles. The molecule has 0 heterocycles. The zero-order valence-electron chi connectivity index (χ0n) is 11.2. The highest BCUT2D eigenvalue weighted by Crippen LogP contribution is 2.41. The van der Waals surface area contributed by atoms with Crippen molar-refractivity contribution in [2.75, 3.05) is 0 Å². The lowest BCUT2D eigenvalue weighted by molar-refractivity contribution is -0.150. The van der Waals surface area contributed by atoms with E-state index in [0.29, 0.717) is 5.56 Å². The first-order valence-electron chi connectivity index (χ1n) is 6.72. The standard InChI is InChI=1S/C17H14O4/c18-16(19)14-9-10-5-1-2-6-11(10)12-7-3-4-8-13(12)15(14)17(20)21/h1-8,14-15H,9H2,(H,18,19)(H,20,21)/t14-,15-/m1/s1. The minimum atomic E-state index is -1.09. The minimum Gasteiger partial charge on any atom is -0.481 e. The molecule has 0 bridgehead atoms. The number of aliphatic carboxylic acids is 2. The molecule has 1 aliphatic carbocycles. The van der Waals surface area contributed by atoms with Crippen LogP contribution < -0.4 is 0 Å². The van der Waals surface area contributed by atoms with Gasteiger partial charge in [0, 0.05) is 0 Å². The molecular formula is C17H14O4. The SMILES string of the molecule is O=C(O)[C@@H]1c2ccccc2-c2ccccc2C[C@H]1C(=O)O. The molecule has 0 aliphatic heterocycles. The second kappa shape index (κ2) is 5.05. The molecule has 2 N–H and O–H groups in total. The maximum Gasteiger partial charge on any atom is 0.311 e. The lowest BCUT2D eigenvalue weighted by Gasteiger charge is -2.19. The molecule has 0 saturated heterocycles.